The van der Waals surface area contributed by atoms with Gasteiger partial charge in [0.2, 0.25) is 0 Å². The minimum atomic E-state index is -0.313. The summed E-state index contributed by atoms with van der Waals surface area (Å²) in [5, 5.41) is 8.35. The van der Waals surface area contributed by atoms with Gasteiger partial charge in [-0.05, 0) is 62.7 Å². The van der Waals surface area contributed by atoms with E-state index in [1.807, 2.05) is 26.8 Å². The molecule has 0 aliphatic rings. The molecular weight excluding hydrogens is 358 g/mol. The topological polar surface area (TPSA) is 88.7 Å². The second-order valence-electron chi connectivity index (χ2n) is 6.61. The zero-order chi connectivity index (χ0) is 20.5. The number of urea groups is 1. The molecule has 0 heterocycles. The summed E-state index contributed by atoms with van der Waals surface area (Å²) in [6, 6.07) is 11.9. The number of amides is 3. The van der Waals surface area contributed by atoms with Crippen LogP contribution >= 0.6 is 0 Å². The summed E-state index contributed by atoms with van der Waals surface area (Å²) in [6.07, 6.45) is 0. The van der Waals surface area contributed by atoms with Crippen LogP contribution in [0.25, 0.3) is 0 Å². The zero-order valence-electron chi connectivity index (χ0n) is 16.7. The molecule has 28 heavy (non-hydrogen) atoms. The first-order valence-electron chi connectivity index (χ1n) is 9.10. The monoisotopic (exact) mass is 385 g/mol. The summed E-state index contributed by atoms with van der Waals surface area (Å²) >= 11 is 0. The maximum atomic E-state index is 12.6. The minimum Gasteiger partial charge on any atom is -0.491 e. The predicted molar refractivity (Wildman–Crippen MR) is 110 cm³/mol. The molecule has 2 aromatic rings. The van der Waals surface area contributed by atoms with Gasteiger partial charge in [0.15, 0.2) is 0 Å². The predicted octanol–water partition coefficient (Wildman–Crippen LogP) is 3.80. The first-order valence-corrected chi connectivity index (χ1v) is 9.10. The van der Waals surface area contributed by atoms with Crippen molar-refractivity contribution in [2.75, 3.05) is 31.0 Å². The highest BCUT2D eigenvalue weighted by Crippen LogP contribution is 2.22. The van der Waals surface area contributed by atoms with Gasteiger partial charge in [0.05, 0.1) is 6.61 Å². The molecular formula is C21H27N3O4. The van der Waals surface area contributed by atoms with E-state index in [0.717, 1.165) is 11.3 Å². The highest BCUT2D eigenvalue weighted by Gasteiger charge is 2.10. The van der Waals surface area contributed by atoms with Crippen LogP contribution < -0.4 is 20.7 Å². The molecule has 0 aliphatic carbocycles. The van der Waals surface area contributed by atoms with Gasteiger partial charge in [-0.3, -0.25) is 4.79 Å². The Morgan fingerprint density at radius 1 is 1.04 bits per heavy atom. The molecule has 3 N–H and O–H groups in total. The molecule has 0 saturated heterocycles. The fourth-order valence-corrected chi connectivity index (χ4v) is 2.47. The Balaban J connectivity index is 2.02. The molecule has 0 saturated carbocycles. The largest absolute Gasteiger partial charge is 0.491 e. The van der Waals surface area contributed by atoms with E-state index in [9.17, 15) is 9.59 Å². The number of benzene rings is 2. The van der Waals surface area contributed by atoms with Gasteiger partial charge in [-0.15, -0.1) is 0 Å². The lowest BCUT2D eigenvalue weighted by Crippen LogP contribution is -2.34. The van der Waals surface area contributed by atoms with Gasteiger partial charge in [0.1, 0.15) is 12.4 Å². The van der Waals surface area contributed by atoms with Crippen LogP contribution in [0.4, 0.5) is 16.2 Å². The Labute approximate surface area is 165 Å². The number of rotatable bonds is 8. The van der Waals surface area contributed by atoms with Crippen LogP contribution in [0.3, 0.4) is 0 Å². The zero-order valence-corrected chi connectivity index (χ0v) is 16.7. The van der Waals surface area contributed by atoms with Crippen molar-refractivity contribution in [3.8, 4) is 5.75 Å². The number of aryl methyl sites for hydroxylation is 1. The van der Waals surface area contributed by atoms with Crippen molar-refractivity contribution >= 4 is 23.3 Å². The Hall–Kier alpha value is -3.06. The second-order valence-corrected chi connectivity index (χ2v) is 6.61. The van der Waals surface area contributed by atoms with Crippen LogP contribution in [0.1, 0.15) is 29.8 Å². The van der Waals surface area contributed by atoms with Crippen molar-refractivity contribution in [2.45, 2.75) is 26.8 Å². The van der Waals surface area contributed by atoms with Gasteiger partial charge in [-0.1, -0.05) is 6.07 Å². The van der Waals surface area contributed by atoms with Gasteiger partial charge in [0, 0.05) is 30.1 Å². The van der Waals surface area contributed by atoms with Crippen LogP contribution in [-0.4, -0.2) is 38.3 Å². The standard InChI is InChI=1S/C21H27N3O4/c1-14(2)22-21(26)23-17-7-5-6-16(13-17)20(25)24-19-9-8-18(12-15(19)3)28-11-10-27-4/h5-9,12-14H,10-11H2,1-4H3,(H,24,25)(H2,22,23,26). The lowest BCUT2D eigenvalue weighted by atomic mass is 10.1. The number of methoxy groups -OCH3 is 1. The molecule has 0 aromatic heterocycles. The van der Waals surface area contributed by atoms with Gasteiger partial charge >= 0.3 is 6.03 Å². The summed E-state index contributed by atoms with van der Waals surface area (Å²) in [7, 11) is 1.62. The quantitative estimate of drug-likeness (QED) is 0.603. The normalized spacial score (nSPS) is 10.5. The van der Waals surface area contributed by atoms with E-state index in [2.05, 4.69) is 16.0 Å². The van der Waals surface area contributed by atoms with Crippen LogP contribution in [-0.2, 0) is 4.74 Å². The summed E-state index contributed by atoms with van der Waals surface area (Å²) in [5.74, 6) is 0.457. The lowest BCUT2D eigenvalue weighted by Gasteiger charge is -2.13. The van der Waals surface area contributed by atoms with Crippen LogP contribution in [0, 0.1) is 6.92 Å². The van der Waals surface area contributed by atoms with Crippen molar-refractivity contribution in [1.82, 2.24) is 5.32 Å². The van der Waals surface area contributed by atoms with Crippen molar-refractivity contribution in [2.24, 2.45) is 0 Å². The number of hydrogen-bond acceptors (Lipinski definition) is 4. The molecule has 0 fully saturated rings. The van der Waals surface area contributed by atoms with Crippen molar-refractivity contribution in [3.05, 3.63) is 53.6 Å². The average Bonchev–Trinajstić information content (AvgIpc) is 2.63. The van der Waals surface area contributed by atoms with E-state index >= 15 is 0 Å². The summed E-state index contributed by atoms with van der Waals surface area (Å²) in [5.41, 5.74) is 2.57. The highest BCUT2D eigenvalue weighted by molar-refractivity contribution is 6.05. The SMILES string of the molecule is COCCOc1ccc(NC(=O)c2cccc(NC(=O)NC(C)C)c2)c(C)c1. The summed E-state index contributed by atoms with van der Waals surface area (Å²) in [4.78, 5) is 24.4. The third-order valence-electron chi connectivity index (χ3n) is 3.80. The fourth-order valence-electron chi connectivity index (χ4n) is 2.47. The molecule has 7 nitrogen and oxygen atoms in total. The molecule has 2 rings (SSSR count). The molecule has 0 unspecified atom stereocenters. The number of ether oxygens (including phenoxy) is 2. The first kappa shape index (κ1) is 21.2. The van der Waals surface area contributed by atoms with E-state index in [4.69, 9.17) is 9.47 Å². The third-order valence-corrected chi connectivity index (χ3v) is 3.80. The van der Waals surface area contributed by atoms with Crippen LogP contribution in [0.5, 0.6) is 5.75 Å². The Morgan fingerprint density at radius 3 is 2.50 bits per heavy atom. The molecule has 0 atom stereocenters. The Morgan fingerprint density at radius 2 is 1.82 bits per heavy atom. The minimum absolute atomic E-state index is 0.0240. The van der Waals surface area contributed by atoms with E-state index in [1.165, 1.54) is 0 Å². The summed E-state index contributed by atoms with van der Waals surface area (Å²) in [6.45, 7) is 6.62. The molecule has 0 aliphatic heterocycles. The molecule has 0 radical (unpaired) electrons. The van der Waals surface area contributed by atoms with E-state index < -0.39 is 0 Å². The number of carbonyl (C=O) groups excluding carboxylic acids is 2. The Bertz CT molecular complexity index is 821. The third kappa shape index (κ3) is 6.59. The van der Waals surface area contributed by atoms with Crippen LogP contribution in [0.15, 0.2) is 42.5 Å². The van der Waals surface area contributed by atoms with Gasteiger partial charge < -0.3 is 25.4 Å². The van der Waals surface area contributed by atoms with E-state index in [-0.39, 0.29) is 18.0 Å². The molecule has 2 aromatic carbocycles. The molecule has 0 bridgehead atoms. The highest BCUT2D eigenvalue weighted by atomic mass is 16.5. The maximum Gasteiger partial charge on any atom is 0.319 e. The number of carbonyl (C=O) groups is 2. The van der Waals surface area contributed by atoms with Crippen molar-refractivity contribution < 1.29 is 19.1 Å². The molecule has 0 spiro atoms. The lowest BCUT2D eigenvalue weighted by molar-refractivity contribution is 0.102. The second kappa shape index (κ2) is 10.3. The fraction of sp³-hybridized carbons (Fsp3) is 0.333. The number of anilines is 2. The molecule has 7 heteroatoms. The Kier molecular flexibility index (Phi) is 7.83. The van der Waals surface area contributed by atoms with E-state index in [0.29, 0.717) is 30.2 Å². The average molecular weight is 385 g/mol. The molecule has 150 valence electrons. The van der Waals surface area contributed by atoms with Gasteiger partial charge in [0.25, 0.3) is 5.91 Å². The smallest absolute Gasteiger partial charge is 0.319 e. The van der Waals surface area contributed by atoms with E-state index in [1.54, 1.807) is 43.5 Å². The first-order chi connectivity index (χ1) is 13.4. The van der Waals surface area contributed by atoms with Crippen molar-refractivity contribution in [3.63, 3.8) is 0 Å². The maximum absolute atomic E-state index is 12.6. The van der Waals surface area contributed by atoms with Crippen molar-refractivity contribution in [1.29, 1.82) is 0 Å². The summed E-state index contributed by atoms with van der Waals surface area (Å²) < 4.78 is 10.5. The molecule has 3 amide bonds. The number of nitrogens with one attached hydrogen (secondary N) is 3. The van der Waals surface area contributed by atoms with Gasteiger partial charge in [-0.2, -0.15) is 0 Å². The number of hydrogen-bond donors (Lipinski definition) is 3. The van der Waals surface area contributed by atoms with Crippen LogP contribution in [0.2, 0.25) is 0 Å². The van der Waals surface area contributed by atoms with Gasteiger partial charge in [-0.25, -0.2) is 4.79 Å².